The fraction of sp³-hybridized carbons (Fsp3) is 0.300. The maximum absolute atomic E-state index is 13.2. The second-order valence-electron chi connectivity index (χ2n) is 6.96. The summed E-state index contributed by atoms with van der Waals surface area (Å²) in [5, 5.41) is 5.86. The number of thiazole rings is 1. The van der Waals surface area contributed by atoms with Gasteiger partial charge in [-0.15, -0.1) is 22.7 Å². The van der Waals surface area contributed by atoms with Crippen LogP contribution >= 0.6 is 22.7 Å². The standard InChI is InChI=1S/C20H20FN3O3S3/c1-13-23-17(12-28-13)19-9-6-15(29-19)11-22-20(25)18-3-2-10-24(18)30(26,27)16-7-4-14(21)5-8-16/h4-9,12,18H,2-3,10-11H2,1H3,(H,22,25)/t18-/m1/s1. The van der Waals surface area contributed by atoms with E-state index in [1.807, 2.05) is 24.4 Å². The molecule has 0 spiro atoms. The minimum Gasteiger partial charge on any atom is -0.350 e. The molecular formula is C20H20FN3O3S3. The number of benzene rings is 1. The molecule has 0 saturated carbocycles. The van der Waals surface area contributed by atoms with Gasteiger partial charge in [-0.05, 0) is 56.2 Å². The van der Waals surface area contributed by atoms with E-state index < -0.39 is 21.9 Å². The van der Waals surface area contributed by atoms with Gasteiger partial charge < -0.3 is 5.32 Å². The molecule has 0 unspecified atom stereocenters. The average Bonchev–Trinajstić information content (AvgIpc) is 3.47. The second kappa shape index (κ2) is 8.54. The smallest absolute Gasteiger partial charge is 0.243 e. The number of aryl methyl sites for hydroxylation is 1. The van der Waals surface area contributed by atoms with E-state index in [-0.39, 0.29) is 17.3 Å². The first kappa shape index (κ1) is 21.1. The van der Waals surface area contributed by atoms with Crippen LogP contribution in [0, 0.1) is 12.7 Å². The van der Waals surface area contributed by atoms with Gasteiger partial charge in [-0.25, -0.2) is 17.8 Å². The number of nitrogens with zero attached hydrogens (tertiary/aromatic N) is 2. The number of aromatic nitrogens is 1. The summed E-state index contributed by atoms with van der Waals surface area (Å²) in [6.45, 7) is 2.55. The van der Waals surface area contributed by atoms with Crippen molar-refractivity contribution in [3.8, 4) is 10.6 Å². The largest absolute Gasteiger partial charge is 0.350 e. The molecular weight excluding hydrogens is 445 g/mol. The zero-order valence-corrected chi connectivity index (χ0v) is 18.6. The molecule has 0 radical (unpaired) electrons. The van der Waals surface area contributed by atoms with Crippen molar-refractivity contribution < 1.29 is 17.6 Å². The Kier molecular flexibility index (Phi) is 6.01. The molecule has 1 atom stereocenters. The van der Waals surface area contributed by atoms with Crippen LogP contribution in [0.1, 0.15) is 22.7 Å². The maximum atomic E-state index is 13.2. The van der Waals surface area contributed by atoms with Crippen LogP contribution in [-0.2, 0) is 21.4 Å². The number of amides is 1. The van der Waals surface area contributed by atoms with Crippen LogP contribution < -0.4 is 5.32 Å². The number of nitrogens with one attached hydrogen (secondary N) is 1. The number of rotatable bonds is 6. The van der Waals surface area contributed by atoms with Crippen molar-refractivity contribution in [1.29, 1.82) is 0 Å². The van der Waals surface area contributed by atoms with Gasteiger partial charge in [0.25, 0.3) is 0 Å². The highest BCUT2D eigenvalue weighted by atomic mass is 32.2. The van der Waals surface area contributed by atoms with E-state index in [0.717, 1.165) is 32.6 Å². The highest BCUT2D eigenvalue weighted by molar-refractivity contribution is 7.89. The van der Waals surface area contributed by atoms with Crippen LogP contribution in [-0.4, -0.2) is 36.2 Å². The summed E-state index contributed by atoms with van der Waals surface area (Å²) in [5.74, 6) is -0.828. The third kappa shape index (κ3) is 4.31. The third-order valence-electron chi connectivity index (χ3n) is 4.90. The lowest BCUT2D eigenvalue weighted by molar-refractivity contribution is -0.124. The van der Waals surface area contributed by atoms with E-state index in [0.29, 0.717) is 19.4 Å². The summed E-state index contributed by atoms with van der Waals surface area (Å²) >= 11 is 3.14. The molecule has 1 amide bonds. The van der Waals surface area contributed by atoms with E-state index in [4.69, 9.17) is 0 Å². The predicted molar refractivity (Wildman–Crippen MR) is 115 cm³/mol. The summed E-state index contributed by atoms with van der Waals surface area (Å²) in [4.78, 5) is 19.2. The molecule has 10 heteroatoms. The zero-order chi connectivity index (χ0) is 21.3. The van der Waals surface area contributed by atoms with Gasteiger partial charge in [-0.1, -0.05) is 0 Å². The molecule has 4 rings (SSSR count). The van der Waals surface area contributed by atoms with Crippen LogP contribution in [0.2, 0.25) is 0 Å². The predicted octanol–water partition coefficient (Wildman–Crippen LogP) is 3.79. The Morgan fingerprint density at radius 1 is 1.27 bits per heavy atom. The molecule has 2 aromatic heterocycles. The lowest BCUT2D eigenvalue weighted by Crippen LogP contribution is -2.45. The topological polar surface area (TPSA) is 79.4 Å². The van der Waals surface area contributed by atoms with Gasteiger partial charge in [-0.2, -0.15) is 4.31 Å². The Labute approximate surface area is 182 Å². The number of halogens is 1. The van der Waals surface area contributed by atoms with Gasteiger partial charge in [0.1, 0.15) is 11.9 Å². The number of thiophene rings is 1. The Morgan fingerprint density at radius 2 is 2.03 bits per heavy atom. The summed E-state index contributed by atoms with van der Waals surface area (Å²) in [6.07, 6.45) is 1.06. The van der Waals surface area contributed by atoms with Gasteiger partial charge in [-0.3, -0.25) is 4.79 Å². The molecule has 158 valence electrons. The van der Waals surface area contributed by atoms with Crippen LogP contribution in [0.25, 0.3) is 10.6 Å². The van der Waals surface area contributed by atoms with E-state index in [1.54, 1.807) is 22.7 Å². The Morgan fingerprint density at radius 3 is 2.73 bits per heavy atom. The highest BCUT2D eigenvalue weighted by Crippen LogP contribution is 2.30. The molecule has 1 aliphatic heterocycles. The van der Waals surface area contributed by atoms with E-state index >= 15 is 0 Å². The van der Waals surface area contributed by atoms with E-state index in [2.05, 4.69) is 10.3 Å². The average molecular weight is 466 g/mol. The van der Waals surface area contributed by atoms with Crippen LogP contribution in [0.4, 0.5) is 4.39 Å². The van der Waals surface area contributed by atoms with E-state index in [1.165, 1.54) is 16.4 Å². The Balaban J connectivity index is 1.43. The molecule has 1 aromatic carbocycles. The highest BCUT2D eigenvalue weighted by Gasteiger charge is 2.39. The van der Waals surface area contributed by atoms with Crippen molar-refractivity contribution in [3.05, 3.63) is 57.5 Å². The Hall–Kier alpha value is -2.14. The molecule has 0 bridgehead atoms. The van der Waals surface area contributed by atoms with Gasteiger partial charge in [0, 0.05) is 16.8 Å². The number of hydrogen-bond donors (Lipinski definition) is 1. The van der Waals surface area contributed by atoms with Crippen molar-refractivity contribution >= 4 is 38.6 Å². The Bertz CT molecular complexity index is 1160. The van der Waals surface area contributed by atoms with Gasteiger partial charge in [0.05, 0.1) is 27.0 Å². The van der Waals surface area contributed by atoms with Crippen molar-refractivity contribution in [1.82, 2.24) is 14.6 Å². The van der Waals surface area contributed by atoms with Crippen LogP contribution in [0.15, 0.2) is 46.7 Å². The lowest BCUT2D eigenvalue weighted by atomic mass is 10.2. The van der Waals surface area contributed by atoms with Gasteiger partial charge in [0.15, 0.2) is 0 Å². The van der Waals surface area contributed by atoms with Crippen molar-refractivity contribution in [3.63, 3.8) is 0 Å². The van der Waals surface area contributed by atoms with Gasteiger partial charge in [0.2, 0.25) is 15.9 Å². The summed E-state index contributed by atoms with van der Waals surface area (Å²) in [7, 11) is -3.86. The first-order chi connectivity index (χ1) is 14.3. The van der Waals surface area contributed by atoms with Crippen molar-refractivity contribution in [2.75, 3.05) is 6.54 Å². The molecule has 0 aliphatic carbocycles. The first-order valence-electron chi connectivity index (χ1n) is 9.41. The second-order valence-corrected chi connectivity index (χ2v) is 11.1. The van der Waals surface area contributed by atoms with Crippen molar-refractivity contribution in [2.45, 2.75) is 37.2 Å². The number of hydrogen-bond acceptors (Lipinski definition) is 6. The summed E-state index contributed by atoms with van der Waals surface area (Å²) in [5.41, 5.74) is 0.924. The monoisotopic (exact) mass is 465 g/mol. The quantitative estimate of drug-likeness (QED) is 0.601. The minimum absolute atomic E-state index is 0.00921. The minimum atomic E-state index is -3.86. The first-order valence-corrected chi connectivity index (χ1v) is 12.5. The lowest BCUT2D eigenvalue weighted by Gasteiger charge is -2.23. The third-order valence-corrected chi connectivity index (χ3v) is 8.70. The molecule has 6 nitrogen and oxygen atoms in total. The molecule has 30 heavy (non-hydrogen) atoms. The molecule has 1 fully saturated rings. The molecule has 1 N–H and O–H groups in total. The van der Waals surface area contributed by atoms with Crippen molar-refractivity contribution in [2.24, 2.45) is 0 Å². The van der Waals surface area contributed by atoms with Gasteiger partial charge >= 0.3 is 0 Å². The number of carbonyl (C=O) groups excluding carboxylic acids is 1. The summed E-state index contributed by atoms with van der Waals surface area (Å²) < 4.78 is 40.2. The molecule has 1 saturated heterocycles. The van der Waals surface area contributed by atoms with Crippen LogP contribution in [0.5, 0.6) is 0 Å². The molecule has 3 heterocycles. The number of sulfonamides is 1. The molecule has 3 aromatic rings. The molecule has 1 aliphatic rings. The number of carbonyl (C=O) groups is 1. The van der Waals surface area contributed by atoms with E-state index in [9.17, 15) is 17.6 Å². The maximum Gasteiger partial charge on any atom is 0.243 e. The summed E-state index contributed by atoms with van der Waals surface area (Å²) in [6, 6.07) is 7.82. The fourth-order valence-corrected chi connectivity index (χ4v) is 6.66. The SMILES string of the molecule is Cc1nc(-c2ccc(CNC(=O)[C@H]3CCCN3S(=O)(=O)c3ccc(F)cc3)s2)cs1. The van der Waals surface area contributed by atoms with Crippen LogP contribution in [0.3, 0.4) is 0 Å². The normalized spacial score (nSPS) is 17.3. The zero-order valence-electron chi connectivity index (χ0n) is 16.2. The fourth-order valence-electron chi connectivity index (χ4n) is 3.41.